The van der Waals surface area contributed by atoms with E-state index in [9.17, 15) is 0 Å². The second-order valence-corrected chi connectivity index (χ2v) is 7.04. The molecule has 24 heavy (non-hydrogen) atoms. The summed E-state index contributed by atoms with van der Waals surface area (Å²) < 4.78 is 11.2. The van der Waals surface area contributed by atoms with Crippen molar-refractivity contribution in [2.45, 2.75) is 45.1 Å². The molecule has 2 heterocycles. The summed E-state index contributed by atoms with van der Waals surface area (Å²) in [4.78, 5) is 6.83. The van der Waals surface area contributed by atoms with Gasteiger partial charge < -0.3 is 25.0 Å². The molecule has 2 aliphatic rings. The first-order chi connectivity index (χ1) is 11.8. The molecule has 0 saturated carbocycles. The second-order valence-electron chi connectivity index (χ2n) is 7.04. The van der Waals surface area contributed by atoms with Crippen LogP contribution in [0.3, 0.4) is 0 Å². The van der Waals surface area contributed by atoms with E-state index in [2.05, 4.69) is 27.4 Å². The normalized spacial score (nSPS) is 25.8. The van der Waals surface area contributed by atoms with Crippen LogP contribution in [-0.2, 0) is 9.47 Å². The molecule has 2 atom stereocenters. The molecule has 0 bridgehead atoms. The molecular formula is C18H36N4O2. The third-order valence-corrected chi connectivity index (χ3v) is 4.77. The van der Waals surface area contributed by atoms with E-state index in [1.165, 1.54) is 32.4 Å². The van der Waals surface area contributed by atoms with Crippen molar-refractivity contribution in [3.8, 4) is 0 Å². The van der Waals surface area contributed by atoms with Gasteiger partial charge in [-0.1, -0.05) is 6.92 Å². The fraction of sp³-hybridized carbons (Fsp3) is 0.944. The van der Waals surface area contributed by atoms with E-state index in [-0.39, 0.29) is 0 Å². The number of hydrogen-bond acceptors (Lipinski definition) is 4. The number of rotatable bonds is 9. The third-order valence-electron chi connectivity index (χ3n) is 4.77. The Bertz CT molecular complexity index is 359. The van der Waals surface area contributed by atoms with Crippen molar-refractivity contribution in [3.05, 3.63) is 0 Å². The SMILES string of the molecule is CN=C(NCCCOCC1CCCO1)NCCN1CCCC(C)C1. The van der Waals surface area contributed by atoms with Gasteiger partial charge in [0.05, 0.1) is 12.7 Å². The van der Waals surface area contributed by atoms with Gasteiger partial charge in [-0.15, -0.1) is 0 Å². The van der Waals surface area contributed by atoms with E-state index < -0.39 is 0 Å². The summed E-state index contributed by atoms with van der Waals surface area (Å²) in [5.41, 5.74) is 0. The van der Waals surface area contributed by atoms with Crippen LogP contribution in [0, 0.1) is 5.92 Å². The van der Waals surface area contributed by atoms with Gasteiger partial charge in [-0.2, -0.15) is 0 Å². The number of likely N-dealkylation sites (tertiary alicyclic amines) is 1. The molecule has 2 N–H and O–H groups in total. The fourth-order valence-corrected chi connectivity index (χ4v) is 3.41. The first kappa shape index (κ1) is 19.5. The summed E-state index contributed by atoms with van der Waals surface area (Å²) in [6, 6.07) is 0. The van der Waals surface area contributed by atoms with Crippen LogP contribution in [0.15, 0.2) is 4.99 Å². The number of aliphatic imine (C=N–C) groups is 1. The zero-order valence-electron chi connectivity index (χ0n) is 15.6. The van der Waals surface area contributed by atoms with Crippen LogP contribution >= 0.6 is 0 Å². The van der Waals surface area contributed by atoms with Gasteiger partial charge in [-0.05, 0) is 44.6 Å². The van der Waals surface area contributed by atoms with E-state index >= 15 is 0 Å². The lowest BCUT2D eigenvalue weighted by molar-refractivity contribution is 0.0168. The van der Waals surface area contributed by atoms with Crippen molar-refractivity contribution in [2.75, 3.05) is 59.6 Å². The van der Waals surface area contributed by atoms with Gasteiger partial charge in [0.25, 0.3) is 0 Å². The summed E-state index contributed by atoms with van der Waals surface area (Å²) in [6.07, 6.45) is 6.34. The quantitative estimate of drug-likeness (QED) is 0.378. The van der Waals surface area contributed by atoms with Crippen LogP contribution in [0.1, 0.15) is 39.0 Å². The van der Waals surface area contributed by atoms with Crippen molar-refractivity contribution in [1.82, 2.24) is 15.5 Å². The Balaban J connectivity index is 1.44. The monoisotopic (exact) mass is 340 g/mol. The lowest BCUT2D eigenvalue weighted by Crippen LogP contribution is -2.44. The van der Waals surface area contributed by atoms with E-state index in [0.29, 0.717) is 6.10 Å². The van der Waals surface area contributed by atoms with Gasteiger partial charge >= 0.3 is 0 Å². The Kier molecular flexibility index (Phi) is 9.46. The largest absolute Gasteiger partial charge is 0.379 e. The number of nitrogens with one attached hydrogen (secondary N) is 2. The maximum atomic E-state index is 5.67. The highest BCUT2D eigenvalue weighted by Gasteiger charge is 2.16. The molecule has 2 rings (SSSR count). The number of guanidine groups is 1. The van der Waals surface area contributed by atoms with Gasteiger partial charge in [0, 0.05) is 46.4 Å². The highest BCUT2D eigenvalue weighted by atomic mass is 16.5. The highest BCUT2D eigenvalue weighted by Crippen LogP contribution is 2.14. The molecule has 2 unspecified atom stereocenters. The Labute approximate surface area is 147 Å². The Hall–Kier alpha value is -0.850. The highest BCUT2D eigenvalue weighted by molar-refractivity contribution is 5.79. The Morgan fingerprint density at radius 1 is 1.25 bits per heavy atom. The van der Waals surface area contributed by atoms with Gasteiger partial charge in [-0.3, -0.25) is 4.99 Å². The van der Waals surface area contributed by atoms with Crippen LogP contribution in [0.4, 0.5) is 0 Å². The molecule has 0 aliphatic carbocycles. The van der Waals surface area contributed by atoms with Crippen LogP contribution < -0.4 is 10.6 Å². The molecule has 2 aliphatic heterocycles. The van der Waals surface area contributed by atoms with E-state index in [0.717, 1.165) is 64.2 Å². The minimum absolute atomic E-state index is 0.324. The second kappa shape index (κ2) is 11.7. The number of piperidine rings is 1. The molecule has 2 fully saturated rings. The van der Waals surface area contributed by atoms with Gasteiger partial charge in [0.2, 0.25) is 0 Å². The molecule has 0 spiro atoms. The minimum Gasteiger partial charge on any atom is -0.379 e. The number of hydrogen-bond donors (Lipinski definition) is 2. The molecule has 6 nitrogen and oxygen atoms in total. The molecule has 0 aromatic rings. The summed E-state index contributed by atoms with van der Waals surface area (Å²) in [5, 5.41) is 6.76. The van der Waals surface area contributed by atoms with Crippen LogP contribution in [0.5, 0.6) is 0 Å². The van der Waals surface area contributed by atoms with Crippen LogP contribution in [0.25, 0.3) is 0 Å². The predicted molar refractivity (Wildman–Crippen MR) is 98.6 cm³/mol. The number of ether oxygens (including phenoxy) is 2. The van der Waals surface area contributed by atoms with Crippen LogP contribution in [0.2, 0.25) is 0 Å². The van der Waals surface area contributed by atoms with Gasteiger partial charge in [0.1, 0.15) is 0 Å². The Morgan fingerprint density at radius 2 is 2.12 bits per heavy atom. The van der Waals surface area contributed by atoms with Crippen molar-refractivity contribution >= 4 is 5.96 Å². The zero-order valence-corrected chi connectivity index (χ0v) is 15.6. The fourth-order valence-electron chi connectivity index (χ4n) is 3.41. The smallest absolute Gasteiger partial charge is 0.191 e. The molecule has 0 radical (unpaired) electrons. The molecular weight excluding hydrogens is 304 g/mol. The standard InChI is InChI=1S/C18H36N4O2/c1-16-6-3-10-22(14-16)11-9-21-18(19-2)20-8-5-12-23-15-17-7-4-13-24-17/h16-17H,3-15H2,1-2H3,(H2,19,20,21). The lowest BCUT2D eigenvalue weighted by atomic mass is 10.0. The predicted octanol–water partition coefficient (Wildman–Crippen LogP) is 1.47. The van der Waals surface area contributed by atoms with E-state index in [4.69, 9.17) is 9.47 Å². The van der Waals surface area contributed by atoms with Gasteiger partial charge in [-0.25, -0.2) is 0 Å². The summed E-state index contributed by atoms with van der Waals surface area (Å²) in [5.74, 6) is 1.73. The van der Waals surface area contributed by atoms with Crippen molar-refractivity contribution in [2.24, 2.45) is 10.9 Å². The zero-order chi connectivity index (χ0) is 17.0. The molecule has 0 aromatic carbocycles. The van der Waals surface area contributed by atoms with Crippen molar-refractivity contribution in [1.29, 1.82) is 0 Å². The van der Waals surface area contributed by atoms with Gasteiger partial charge in [0.15, 0.2) is 5.96 Å². The molecule has 0 aromatic heterocycles. The lowest BCUT2D eigenvalue weighted by Gasteiger charge is -2.30. The average molecular weight is 341 g/mol. The maximum Gasteiger partial charge on any atom is 0.191 e. The summed E-state index contributed by atoms with van der Waals surface area (Å²) in [6.45, 7) is 10.1. The maximum absolute atomic E-state index is 5.67. The summed E-state index contributed by atoms with van der Waals surface area (Å²) in [7, 11) is 1.83. The summed E-state index contributed by atoms with van der Waals surface area (Å²) >= 11 is 0. The average Bonchev–Trinajstić information content (AvgIpc) is 3.09. The third kappa shape index (κ3) is 7.81. The van der Waals surface area contributed by atoms with Crippen molar-refractivity contribution in [3.63, 3.8) is 0 Å². The molecule has 0 amide bonds. The Morgan fingerprint density at radius 3 is 2.88 bits per heavy atom. The van der Waals surface area contributed by atoms with Crippen LogP contribution in [-0.4, -0.2) is 76.6 Å². The molecule has 6 heteroatoms. The molecule has 2 saturated heterocycles. The van der Waals surface area contributed by atoms with E-state index in [1.807, 2.05) is 7.05 Å². The van der Waals surface area contributed by atoms with Crippen molar-refractivity contribution < 1.29 is 9.47 Å². The topological polar surface area (TPSA) is 58.1 Å². The molecule has 140 valence electrons. The minimum atomic E-state index is 0.324. The first-order valence-corrected chi connectivity index (χ1v) is 9.64. The van der Waals surface area contributed by atoms with E-state index in [1.54, 1.807) is 0 Å². The first-order valence-electron chi connectivity index (χ1n) is 9.64. The number of nitrogens with zero attached hydrogens (tertiary/aromatic N) is 2.